The van der Waals surface area contributed by atoms with E-state index in [1.165, 1.54) is 0 Å². The Kier molecular flexibility index (Phi) is 3.79. The number of hydrogen-bond acceptors (Lipinski definition) is 4. The van der Waals surface area contributed by atoms with Crippen LogP contribution in [-0.2, 0) is 11.3 Å². The Morgan fingerprint density at radius 2 is 2.35 bits per heavy atom. The van der Waals surface area contributed by atoms with Gasteiger partial charge in [0.05, 0.1) is 18.1 Å². The molecule has 4 nitrogen and oxygen atoms in total. The third-order valence-electron chi connectivity index (χ3n) is 3.08. The maximum Gasteiger partial charge on any atom is 0.240 e. The molecule has 2 N–H and O–H groups in total. The van der Waals surface area contributed by atoms with Crippen molar-refractivity contribution in [1.29, 1.82) is 0 Å². The summed E-state index contributed by atoms with van der Waals surface area (Å²) in [4.78, 5) is 19.4. The van der Waals surface area contributed by atoms with Gasteiger partial charge in [0, 0.05) is 17.1 Å². The lowest BCUT2D eigenvalue weighted by Gasteiger charge is -2.26. The molecule has 0 radical (unpaired) electrons. The summed E-state index contributed by atoms with van der Waals surface area (Å²) >= 11 is 1.59. The minimum Gasteiger partial charge on any atom is -0.333 e. The summed E-state index contributed by atoms with van der Waals surface area (Å²) in [6, 6.07) is 0.0120. The molecule has 1 aromatic rings. The summed E-state index contributed by atoms with van der Waals surface area (Å²) < 4.78 is 0. The number of carbonyl (C=O) groups is 1. The van der Waals surface area contributed by atoms with Crippen LogP contribution in [0.15, 0.2) is 11.7 Å². The molecule has 1 aliphatic rings. The van der Waals surface area contributed by atoms with Gasteiger partial charge < -0.3 is 10.6 Å². The van der Waals surface area contributed by atoms with Crippen molar-refractivity contribution in [3.63, 3.8) is 0 Å². The monoisotopic (exact) mass is 253 g/mol. The molecule has 0 bridgehead atoms. The predicted molar refractivity (Wildman–Crippen MR) is 68.5 cm³/mol. The molecule has 1 amide bonds. The molecule has 1 atom stereocenters. The van der Waals surface area contributed by atoms with Crippen LogP contribution >= 0.6 is 11.3 Å². The smallest absolute Gasteiger partial charge is 0.240 e. The topological polar surface area (TPSA) is 59.2 Å². The molecule has 0 aliphatic heterocycles. The third kappa shape index (κ3) is 3.04. The lowest BCUT2D eigenvalue weighted by Crippen LogP contribution is -2.47. The summed E-state index contributed by atoms with van der Waals surface area (Å²) in [7, 11) is 0. The molecule has 1 saturated carbocycles. The Morgan fingerprint density at radius 3 is 2.82 bits per heavy atom. The number of aromatic nitrogens is 1. The van der Waals surface area contributed by atoms with Gasteiger partial charge in [-0.05, 0) is 18.8 Å². The lowest BCUT2D eigenvalue weighted by atomic mass is 10.0. The van der Waals surface area contributed by atoms with Crippen LogP contribution in [0.5, 0.6) is 0 Å². The van der Waals surface area contributed by atoms with E-state index in [1.807, 2.05) is 24.9 Å². The highest BCUT2D eigenvalue weighted by atomic mass is 32.1. The van der Waals surface area contributed by atoms with Crippen LogP contribution in [0.3, 0.4) is 0 Å². The highest BCUT2D eigenvalue weighted by Gasteiger charge is 2.35. The molecule has 94 valence electrons. The minimum absolute atomic E-state index is 0.0795. The molecular formula is C12H19N3OS. The second-order valence-electron chi connectivity index (χ2n) is 4.93. The van der Waals surface area contributed by atoms with Gasteiger partial charge in [0.2, 0.25) is 5.91 Å². The largest absolute Gasteiger partial charge is 0.333 e. The van der Waals surface area contributed by atoms with Crippen LogP contribution in [0, 0.1) is 5.92 Å². The molecule has 1 aromatic heterocycles. The standard InChI is InChI=1S/C12H19N3OS/c1-8(2)11(13)12(16)15(9-3-4-9)6-10-5-14-7-17-10/h5,7-9,11H,3-4,6,13H2,1-2H3. The van der Waals surface area contributed by atoms with Gasteiger partial charge in [-0.25, -0.2) is 0 Å². The van der Waals surface area contributed by atoms with E-state index in [1.54, 1.807) is 16.8 Å². The zero-order valence-corrected chi connectivity index (χ0v) is 11.1. The van der Waals surface area contributed by atoms with Crippen molar-refractivity contribution in [2.75, 3.05) is 0 Å². The van der Waals surface area contributed by atoms with Crippen molar-refractivity contribution in [1.82, 2.24) is 9.88 Å². The van der Waals surface area contributed by atoms with Crippen molar-refractivity contribution in [3.05, 3.63) is 16.6 Å². The maximum absolute atomic E-state index is 12.3. The molecule has 1 aliphatic carbocycles. The molecule has 5 heteroatoms. The first-order chi connectivity index (χ1) is 8.09. The van der Waals surface area contributed by atoms with Gasteiger partial charge in [-0.15, -0.1) is 11.3 Å². The van der Waals surface area contributed by atoms with Crippen LogP contribution in [0.25, 0.3) is 0 Å². The van der Waals surface area contributed by atoms with E-state index in [0.29, 0.717) is 12.6 Å². The van der Waals surface area contributed by atoms with Gasteiger partial charge in [-0.2, -0.15) is 0 Å². The van der Waals surface area contributed by atoms with Crippen LogP contribution in [0.1, 0.15) is 31.6 Å². The lowest BCUT2D eigenvalue weighted by molar-refractivity contribution is -0.134. The Balaban J connectivity index is 2.04. The Hall–Kier alpha value is -0.940. The van der Waals surface area contributed by atoms with Gasteiger partial charge in [-0.3, -0.25) is 9.78 Å². The van der Waals surface area contributed by atoms with Gasteiger partial charge in [0.25, 0.3) is 0 Å². The fraction of sp³-hybridized carbons (Fsp3) is 0.667. The Morgan fingerprint density at radius 1 is 1.65 bits per heavy atom. The molecule has 1 unspecified atom stereocenters. The maximum atomic E-state index is 12.3. The molecule has 2 rings (SSSR count). The average Bonchev–Trinajstić information content (AvgIpc) is 3.01. The summed E-state index contributed by atoms with van der Waals surface area (Å²) in [5.74, 6) is 0.265. The SMILES string of the molecule is CC(C)C(N)C(=O)N(Cc1cncs1)C1CC1. The number of amides is 1. The van der Waals surface area contributed by atoms with Gasteiger partial charge in [0.1, 0.15) is 0 Å². The van der Waals surface area contributed by atoms with E-state index in [4.69, 9.17) is 5.73 Å². The van der Waals surface area contributed by atoms with Crippen molar-refractivity contribution >= 4 is 17.2 Å². The van der Waals surface area contributed by atoms with E-state index >= 15 is 0 Å². The first kappa shape index (κ1) is 12.5. The summed E-state index contributed by atoms with van der Waals surface area (Å²) in [5, 5.41) is 0. The number of rotatable bonds is 5. The van der Waals surface area contributed by atoms with E-state index in [0.717, 1.165) is 17.7 Å². The average molecular weight is 253 g/mol. The molecule has 1 heterocycles. The first-order valence-electron chi connectivity index (χ1n) is 6.03. The second-order valence-corrected chi connectivity index (χ2v) is 5.91. The van der Waals surface area contributed by atoms with Crippen molar-refractivity contribution in [2.24, 2.45) is 11.7 Å². The number of thiazole rings is 1. The molecule has 0 aromatic carbocycles. The van der Waals surface area contributed by atoms with Crippen LogP contribution in [0.4, 0.5) is 0 Å². The summed E-state index contributed by atoms with van der Waals surface area (Å²) in [5.41, 5.74) is 7.75. The zero-order valence-electron chi connectivity index (χ0n) is 10.3. The number of carbonyl (C=O) groups excluding carboxylic acids is 1. The predicted octanol–water partition coefficient (Wildman–Crippen LogP) is 1.62. The number of nitrogens with two attached hydrogens (primary N) is 1. The van der Waals surface area contributed by atoms with E-state index in [-0.39, 0.29) is 17.9 Å². The zero-order chi connectivity index (χ0) is 12.4. The molecule has 0 spiro atoms. The third-order valence-corrected chi connectivity index (χ3v) is 3.85. The first-order valence-corrected chi connectivity index (χ1v) is 6.91. The van der Waals surface area contributed by atoms with Gasteiger partial charge in [-0.1, -0.05) is 13.8 Å². The highest BCUT2D eigenvalue weighted by Crippen LogP contribution is 2.29. The number of hydrogen-bond donors (Lipinski definition) is 1. The second kappa shape index (κ2) is 5.14. The molecule has 0 saturated heterocycles. The number of nitrogens with zero attached hydrogens (tertiary/aromatic N) is 2. The highest BCUT2D eigenvalue weighted by molar-refractivity contribution is 7.09. The molecule has 1 fully saturated rings. The van der Waals surface area contributed by atoms with Gasteiger partial charge >= 0.3 is 0 Å². The van der Waals surface area contributed by atoms with E-state index in [2.05, 4.69) is 4.98 Å². The fourth-order valence-corrected chi connectivity index (χ4v) is 2.33. The van der Waals surface area contributed by atoms with Crippen LogP contribution in [-0.4, -0.2) is 27.9 Å². The Labute approximate surface area is 106 Å². The van der Waals surface area contributed by atoms with Crippen LogP contribution in [0.2, 0.25) is 0 Å². The van der Waals surface area contributed by atoms with Crippen molar-refractivity contribution < 1.29 is 4.79 Å². The fourth-order valence-electron chi connectivity index (χ4n) is 1.74. The quantitative estimate of drug-likeness (QED) is 0.867. The summed E-state index contributed by atoms with van der Waals surface area (Å²) in [6.07, 6.45) is 4.04. The normalized spacial score (nSPS) is 17.2. The molecule has 17 heavy (non-hydrogen) atoms. The Bertz CT molecular complexity index is 373. The van der Waals surface area contributed by atoms with E-state index < -0.39 is 0 Å². The van der Waals surface area contributed by atoms with Crippen molar-refractivity contribution in [3.8, 4) is 0 Å². The van der Waals surface area contributed by atoms with Crippen molar-refractivity contribution in [2.45, 2.75) is 45.3 Å². The molecular weight excluding hydrogens is 234 g/mol. The van der Waals surface area contributed by atoms with E-state index in [9.17, 15) is 4.79 Å². The summed E-state index contributed by atoms with van der Waals surface area (Å²) in [6.45, 7) is 4.63. The van der Waals surface area contributed by atoms with Crippen LogP contribution < -0.4 is 5.73 Å². The van der Waals surface area contributed by atoms with Gasteiger partial charge in [0.15, 0.2) is 0 Å². The minimum atomic E-state index is -0.386.